The predicted molar refractivity (Wildman–Crippen MR) is 147 cm³/mol. The largest absolute Gasteiger partial charge is 0.483 e. The Morgan fingerprint density at radius 1 is 1.31 bits per heavy atom. The monoisotopic (exact) mass is 526 g/mol. The molecule has 2 aromatic rings. The molecule has 1 amide bonds. The van der Waals surface area contributed by atoms with Gasteiger partial charge >= 0.3 is 5.97 Å². The van der Waals surface area contributed by atoms with E-state index in [0.29, 0.717) is 43.7 Å². The van der Waals surface area contributed by atoms with Gasteiger partial charge in [-0.15, -0.1) is 6.58 Å². The Balaban J connectivity index is 1.42. The molecule has 0 radical (unpaired) electrons. The van der Waals surface area contributed by atoms with Crippen molar-refractivity contribution >= 4 is 11.9 Å². The van der Waals surface area contributed by atoms with Crippen molar-refractivity contribution in [3.63, 3.8) is 0 Å². The van der Waals surface area contributed by atoms with Gasteiger partial charge in [0.05, 0.1) is 17.1 Å². The average molecular weight is 527 g/mol. The van der Waals surface area contributed by atoms with E-state index >= 15 is 0 Å². The quantitative estimate of drug-likeness (QED) is 0.286. The molecule has 2 aromatic carbocycles. The number of amides is 1. The van der Waals surface area contributed by atoms with Crippen LogP contribution < -0.4 is 9.47 Å². The molecular formula is C32H34N2O5. The van der Waals surface area contributed by atoms with Crippen LogP contribution in [0, 0.1) is 18.8 Å². The van der Waals surface area contributed by atoms with E-state index in [1.807, 2.05) is 43.3 Å². The second-order valence-electron chi connectivity index (χ2n) is 11.3. The van der Waals surface area contributed by atoms with Gasteiger partial charge in [-0.1, -0.05) is 30.2 Å². The molecule has 2 heterocycles. The Labute approximate surface area is 229 Å². The van der Waals surface area contributed by atoms with Gasteiger partial charge in [-0.25, -0.2) is 0 Å². The van der Waals surface area contributed by atoms with Crippen molar-refractivity contribution in [1.82, 2.24) is 9.80 Å². The fraction of sp³-hybridized carbons (Fsp3) is 0.438. The minimum absolute atomic E-state index is 0.101. The summed E-state index contributed by atoms with van der Waals surface area (Å²) in [5.41, 5.74) is 2.13. The zero-order valence-electron chi connectivity index (χ0n) is 22.7. The maximum atomic E-state index is 13.4. The number of piperidine rings is 1. The minimum atomic E-state index is -1.06. The summed E-state index contributed by atoms with van der Waals surface area (Å²) in [5.74, 6) is 6.00. The van der Waals surface area contributed by atoms with Crippen LogP contribution in [0.2, 0.25) is 0 Å². The molecule has 1 spiro atoms. The first-order chi connectivity index (χ1) is 18.7. The molecule has 1 saturated carbocycles. The third kappa shape index (κ3) is 3.73. The normalized spacial score (nSPS) is 29.8. The molecule has 0 aromatic heterocycles. The summed E-state index contributed by atoms with van der Waals surface area (Å²) in [6, 6.07) is 11.1. The van der Waals surface area contributed by atoms with E-state index in [4.69, 9.17) is 9.47 Å². The minimum Gasteiger partial charge on any atom is -0.483 e. The lowest BCUT2D eigenvalue weighted by molar-refractivity contribution is -0.197. The molecule has 2 bridgehead atoms. The summed E-state index contributed by atoms with van der Waals surface area (Å²) < 4.78 is 12.3. The van der Waals surface area contributed by atoms with Crippen LogP contribution in [0.5, 0.6) is 11.5 Å². The molecule has 5 atom stereocenters. The van der Waals surface area contributed by atoms with Crippen LogP contribution >= 0.6 is 0 Å². The number of aliphatic hydroxyl groups is 1. The Morgan fingerprint density at radius 2 is 2.13 bits per heavy atom. The number of ether oxygens (including phenoxy) is 2. The third-order valence-corrected chi connectivity index (χ3v) is 9.29. The molecule has 39 heavy (non-hydrogen) atoms. The molecule has 2 aliphatic carbocycles. The topological polar surface area (TPSA) is 79.3 Å². The number of likely N-dealkylation sites (N-methyl/N-ethyl adjacent to an activating group) is 1. The van der Waals surface area contributed by atoms with Gasteiger partial charge in [-0.3, -0.25) is 14.5 Å². The number of hydrogen-bond donors (Lipinski definition) is 1. The van der Waals surface area contributed by atoms with Gasteiger partial charge in [-0.2, -0.15) is 0 Å². The molecule has 6 rings (SSSR count). The average Bonchev–Trinajstić information content (AvgIpc) is 3.25. The van der Waals surface area contributed by atoms with Crippen LogP contribution in [0.25, 0.3) is 0 Å². The third-order valence-electron chi connectivity index (χ3n) is 9.29. The second kappa shape index (κ2) is 9.25. The molecule has 7 heteroatoms. The standard InChI is InChI=1S/C32H34N2O5/c1-5-16-34-17-15-31-28-23-10-11-25(38-21(3)35)29(28)39-30(31)24(13-14-32(31,37)26(34)19-23)33(4)27(36)12-9-22-8-6-7-20(2)18-22/h5-8,10-11,18,24,26,30,37H,1,13-17,19H2,2-4H3/t24-,26+,30-,31-,32+/m0/s1. The molecular weight excluding hydrogens is 492 g/mol. The zero-order valence-corrected chi connectivity index (χ0v) is 22.7. The van der Waals surface area contributed by atoms with Crippen molar-refractivity contribution in [2.24, 2.45) is 0 Å². The van der Waals surface area contributed by atoms with E-state index in [1.165, 1.54) is 6.92 Å². The van der Waals surface area contributed by atoms with Crippen LogP contribution in [0.1, 0.15) is 48.4 Å². The molecule has 4 aliphatic rings. The van der Waals surface area contributed by atoms with Crippen molar-refractivity contribution in [1.29, 1.82) is 0 Å². The number of likely N-dealkylation sites (tertiary alicyclic amines) is 1. The molecule has 1 N–H and O–H groups in total. The fourth-order valence-electron chi connectivity index (χ4n) is 7.70. The van der Waals surface area contributed by atoms with Gasteiger partial charge in [0.1, 0.15) is 6.10 Å². The van der Waals surface area contributed by atoms with Crippen molar-refractivity contribution < 1.29 is 24.2 Å². The number of benzene rings is 2. The number of carbonyl (C=O) groups is 2. The van der Waals surface area contributed by atoms with Crippen molar-refractivity contribution in [2.45, 2.75) is 68.7 Å². The maximum Gasteiger partial charge on any atom is 0.308 e. The van der Waals surface area contributed by atoms with Gasteiger partial charge in [-0.05, 0) is 68.5 Å². The van der Waals surface area contributed by atoms with Gasteiger partial charge in [0.2, 0.25) is 0 Å². The lowest BCUT2D eigenvalue weighted by Crippen LogP contribution is -2.78. The summed E-state index contributed by atoms with van der Waals surface area (Å²) in [6.45, 7) is 8.77. The van der Waals surface area contributed by atoms with Crippen molar-refractivity contribution in [3.8, 4) is 23.3 Å². The van der Waals surface area contributed by atoms with Crippen LogP contribution in [0.3, 0.4) is 0 Å². The Kier molecular flexibility index (Phi) is 6.09. The number of nitrogens with zero attached hydrogens (tertiary/aromatic N) is 2. The van der Waals surface area contributed by atoms with E-state index in [1.54, 1.807) is 18.0 Å². The number of aryl methyl sites for hydroxylation is 1. The zero-order chi connectivity index (χ0) is 27.5. The molecule has 7 nitrogen and oxygen atoms in total. The summed E-state index contributed by atoms with van der Waals surface area (Å²) in [6.07, 6.45) is 3.82. The maximum absolute atomic E-state index is 13.4. The molecule has 2 fully saturated rings. The number of carbonyl (C=O) groups excluding carboxylic acids is 2. The van der Waals surface area contributed by atoms with Crippen LogP contribution in [-0.4, -0.2) is 70.7 Å². The van der Waals surface area contributed by atoms with Crippen LogP contribution in [-0.2, 0) is 21.4 Å². The van der Waals surface area contributed by atoms with E-state index in [2.05, 4.69) is 23.3 Å². The second-order valence-corrected chi connectivity index (χ2v) is 11.3. The highest BCUT2D eigenvalue weighted by Gasteiger charge is 2.73. The van der Waals surface area contributed by atoms with Crippen LogP contribution in [0.4, 0.5) is 0 Å². The van der Waals surface area contributed by atoms with E-state index in [0.717, 1.165) is 28.8 Å². The highest BCUT2D eigenvalue weighted by Crippen LogP contribution is 2.65. The highest BCUT2D eigenvalue weighted by molar-refractivity contribution is 5.94. The summed E-state index contributed by atoms with van der Waals surface area (Å²) in [5, 5.41) is 12.6. The number of esters is 1. The lowest BCUT2D eigenvalue weighted by atomic mass is 9.48. The number of hydrogen-bond acceptors (Lipinski definition) is 6. The predicted octanol–water partition coefficient (Wildman–Crippen LogP) is 3.14. The SMILES string of the molecule is C=CCN1CC[C@]23c4c5ccc(OC(C)=O)c4O[C@H]2[C@@H](N(C)C(=O)C#Cc2cccc(C)c2)CC[C@@]3(O)[C@H]1C5. The molecule has 1 saturated heterocycles. The molecule has 202 valence electrons. The summed E-state index contributed by atoms with van der Waals surface area (Å²) in [7, 11) is 1.77. The molecule has 2 aliphatic heterocycles. The van der Waals surface area contributed by atoms with Crippen molar-refractivity contribution in [3.05, 3.63) is 71.3 Å². The van der Waals surface area contributed by atoms with Gasteiger partial charge in [0.25, 0.3) is 5.91 Å². The van der Waals surface area contributed by atoms with E-state index in [9.17, 15) is 14.7 Å². The first-order valence-corrected chi connectivity index (χ1v) is 13.6. The first kappa shape index (κ1) is 25.7. The van der Waals surface area contributed by atoms with E-state index in [-0.39, 0.29) is 18.0 Å². The van der Waals surface area contributed by atoms with Gasteiger partial charge < -0.3 is 19.5 Å². The Morgan fingerprint density at radius 3 is 2.87 bits per heavy atom. The summed E-state index contributed by atoms with van der Waals surface area (Å²) in [4.78, 5) is 29.3. The molecule has 0 unspecified atom stereocenters. The first-order valence-electron chi connectivity index (χ1n) is 13.6. The van der Waals surface area contributed by atoms with Gasteiger partial charge in [0.15, 0.2) is 11.5 Å². The Bertz CT molecular complexity index is 1440. The smallest absolute Gasteiger partial charge is 0.308 e. The fourth-order valence-corrected chi connectivity index (χ4v) is 7.70. The lowest BCUT2D eigenvalue weighted by Gasteiger charge is -2.64. The summed E-state index contributed by atoms with van der Waals surface area (Å²) >= 11 is 0. The number of rotatable bonds is 4. The highest BCUT2D eigenvalue weighted by atomic mass is 16.6. The van der Waals surface area contributed by atoms with Crippen LogP contribution in [0.15, 0.2) is 49.1 Å². The Hall–Kier alpha value is -3.60. The van der Waals surface area contributed by atoms with Gasteiger partial charge in [0, 0.05) is 43.6 Å². The van der Waals surface area contributed by atoms with E-state index < -0.39 is 23.1 Å². The van der Waals surface area contributed by atoms with Crippen molar-refractivity contribution in [2.75, 3.05) is 20.1 Å².